The van der Waals surface area contributed by atoms with Gasteiger partial charge in [-0.1, -0.05) is 24.3 Å². The molecule has 8 heteroatoms. The molecule has 0 saturated carbocycles. The number of nitrogens with zero attached hydrogens (tertiary/aromatic N) is 5. The van der Waals surface area contributed by atoms with Crippen LogP contribution in [0.5, 0.6) is 5.75 Å². The van der Waals surface area contributed by atoms with Gasteiger partial charge >= 0.3 is 0 Å². The maximum Gasteiger partial charge on any atom is 0.239 e. The summed E-state index contributed by atoms with van der Waals surface area (Å²) in [5.41, 5.74) is 11.0. The van der Waals surface area contributed by atoms with E-state index in [0.29, 0.717) is 18.7 Å². The van der Waals surface area contributed by atoms with Crippen molar-refractivity contribution in [3.8, 4) is 34.1 Å². The number of para-hydroxylation sites is 1. The molecule has 0 radical (unpaired) electrons. The van der Waals surface area contributed by atoms with Gasteiger partial charge in [0.25, 0.3) is 0 Å². The average molecular weight is 521 g/mol. The molecule has 1 aliphatic heterocycles. The molecule has 1 amide bonds. The number of fused-ring (bicyclic) bond motifs is 1. The van der Waals surface area contributed by atoms with Crippen LogP contribution >= 0.6 is 0 Å². The number of amides is 1. The summed E-state index contributed by atoms with van der Waals surface area (Å²) < 4.78 is 5.90. The number of carbonyl (C=O) groups is 1. The van der Waals surface area contributed by atoms with E-state index in [2.05, 4.69) is 24.8 Å². The van der Waals surface area contributed by atoms with Crippen LogP contribution in [0, 0.1) is 11.3 Å². The third kappa shape index (κ3) is 4.89. The van der Waals surface area contributed by atoms with E-state index in [1.54, 1.807) is 14.0 Å². The standard InChI is InChI=1S/C31H32N6O2/c1-19-17-36(18-20(2)37(19)31(38)21(3)33)28-13-12-24(15-34-28)27-16-35-29-25(6-5-7-26(29)30(27)39-4)23-10-8-22(14-32)9-11-23/h5-13,15-16,19-21H,17-18,33H2,1-4H3/t19-,20+,21?. The van der Waals surface area contributed by atoms with Gasteiger partial charge in [-0.15, -0.1) is 0 Å². The molecular formula is C31H32N6O2. The summed E-state index contributed by atoms with van der Waals surface area (Å²) in [6, 6.07) is 19.3. The van der Waals surface area contributed by atoms with Crippen LogP contribution in [-0.4, -0.2) is 59.1 Å². The molecule has 0 spiro atoms. The molecule has 3 heterocycles. The first-order chi connectivity index (χ1) is 18.8. The van der Waals surface area contributed by atoms with Gasteiger partial charge in [0, 0.05) is 59.6 Å². The molecule has 1 fully saturated rings. The number of pyridine rings is 2. The van der Waals surface area contributed by atoms with Crippen molar-refractivity contribution in [1.82, 2.24) is 14.9 Å². The lowest BCUT2D eigenvalue weighted by molar-refractivity contribution is -0.137. The molecule has 4 aromatic rings. The zero-order chi connectivity index (χ0) is 27.7. The first-order valence-corrected chi connectivity index (χ1v) is 13.1. The number of hydrogen-bond donors (Lipinski definition) is 1. The molecule has 2 aromatic carbocycles. The van der Waals surface area contributed by atoms with Gasteiger partial charge in [-0.2, -0.15) is 5.26 Å². The smallest absolute Gasteiger partial charge is 0.239 e. The Balaban J connectivity index is 1.44. The monoisotopic (exact) mass is 520 g/mol. The summed E-state index contributed by atoms with van der Waals surface area (Å²) in [4.78, 5) is 26.3. The third-order valence-electron chi connectivity index (χ3n) is 7.32. The first kappa shape index (κ1) is 26.1. The van der Waals surface area contributed by atoms with Crippen LogP contribution in [0.4, 0.5) is 5.82 Å². The number of nitriles is 1. The Bertz CT molecular complexity index is 1530. The quantitative estimate of drug-likeness (QED) is 0.409. The number of hydrogen-bond acceptors (Lipinski definition) is 7. The molecule has 198 valence electrons. The summed E-state index contributed by atoms with van der Waals surface area (Å²) in [6.07, 6.45) is 3.67. The van der Waals surface area contributed by atoms with E-state index in [1.807, 2.05) is 71.9 Å². The maximum atomic E-state index is 12.6. The van der Waals surface area contributed by atoms with Crippen LogP contribution in [0.2, 0.25) is 0 Å². The van der Waals surface area contributed by atoms with Crippen molar-refractivity contribution >= 4 is 22.6 Å². The van der Waals surface area contributed by atoms with Crippen molar-refractivity contribution in [2.24, 2.45) is 5.73 Å². The lowest BCUT2D eigenvalue weighted by Gasteiger charge is -2.45. The Kier molecular flexibility index (Phi) is 7.18. The Labute approximate surface area is 228 Å². The van der Waals surface area contributed by atoms with Gasteiger partial charge < -0.3 is 20.3 Å². The second kappa shape index (κ2) is 10.7. The van der Waals surface area contributed by atoms with Crippen LogP contribution in [0.3, 0.4) is 0 Å². The fourth-order valence-electron chi connectivity index (χ4n) is 5.49. The van der Waals surface area contributed by atoms with Gasteiger partial charge in [0.1, 0.15) is 11.6 Å². The fourth-order valence-corrected chi connectivity index (χ4v) is 5.49. The average Bonchev–Trinajstić information content (AvgIpc) is 2.95. The van der Waals surface area contributed by atoms with E-state index < -0.39 is 6.04 Å². The van der Waals surface area contributed by atoms with Gasteiger partial charge in [-0.3, -0.25) is 9.78 Å². The van der Waals surface area contributed by atoms with Crippen molar-refractivity contribution in [3.05, 3.63) is 72.6 Å². The minimum atomic E-state index is -0.510. The molecule has 0 aliphatic carbocycles. The number of ether oxygens (including phenoxy) is 1. The molecule has 1 saturated heterocycles. The lowest BCUT2D eigenvalue weighted by Crippen LogP contribution is -2.61. The maximum absolute atomic E-state index is 12.6. The molecule has 2 N–H and O–H groups in total. The number of nitrogens with two attached hydrogens (primary N) is 1. The molecular weight excluding hydrogens is 488 g/mol. The second-order valence-electron chi connectivity index (χ2n) is 10.1. The molecule has 2 aromatic heterocycles. The zero-order valence-electron chi connectivity index (χ0n) is 22.6. The number of carbonyl (C=O) groups excluding carboxylic acids is 1. The van der Waals surface area contributed by atoms with Crippen LogP contribution in [0.1, 0.15) is 26.3 Å². The SMILES string of the molecule is COc1c(-c2ccc(N3C[C@@H](C)N(C(=O)C(C)N)[C@@H](C)C3)nc2)cnc2c(-c3ccc(C#N)cc3)cccc12. The van der Waals surface area contributed by atoms with E-state index >= 15 is 0 Å². The highest BCUT2D eigenvalue weighted by atomic mass is 16.5. The van der Waals surface area contributed by atoms with E-state index in [9.17, 15) is 4.79 Å². The van der Waals surface area contributed by atoms with Crippen LogP contribution in [0.25, 0.3) is 33.2 Å². The van der Waals surface area contributed by atoms with Gasteiger partial charge in [0.05, 0.1) is 30.3 Å². The zero-order valence-corrected chi connectivity index (χ0v) is 22.6. The molecule has 3 atom stereocenters. The largest absolute Gasteiger partial charge is 0.495 e. The van der Waals surface area contributed by atoms with Crippen LogP contribution < -0.4 is 15.4 Å². The molecule has 1 unspecified atom stereocenters. The summed E-state index contributed by atoms with van der Waals surface area (Å²) in [7, 11) is 1.67. The predicted octanol–water partition coefficient (Wildman–Crippen LogP) is 4.62. The first-order valence-electron chi connectivity index (χ1n) is 13.1. The summed E-state index contributed by atoms with van der Waals surface area (Å²) in [5.74, 6) is 1.58. The number of methoxy groups -OCH3 is 1. The Morgan fingerprint density at radius 2 is 1.69 bits per heavy atom. The van der Waals surface area contributed by atoms with Gasteiger partial charge in [-0.25, -0.2) is 4.98 Å². The van der Waals surface area contributed by atoms with Gasteiger partial charge in [0.15, 0.2) is 0 Å². The Morgan fingerprint density at radius 3 is 2.28 bits per heavy atom. The van der Waals surface area contributed by atoms with E-state index in [0.717, 1.165) is 44.7 Å². The number of piperazine rings is 1. The Morgan fingerprint density at radius 1 is 1.00 bits per heavy atom. The van der Waals surface area contributed by atoms with Crippen molar-refractivity contribution in [2.75, 3.05) is 25.1 Å². The highest BCUT2D eigenvalue weighted by Gasteiger charge is 2.34. The molecule has 1 aliphatic rings. The normalized spacial score (nSPS) is 18.1. The number of benzene rings is 2. The van der Waals surface area contributed by atoms with E-state index in [-0.39, 0.29) is 18.0 Å². The van der Waals surface area contributed by atoms with Crippen LogP contribution in [0.15, 0.2) is 67.0 Å². The lowest BCUT2D eigenvalue weighted by atomic mass is 9.98. The van der Waals surface area contributed by atoms with Crippen LogP contribution in [-0.2, 0) is 4.79 Å². The van der Waals surface area contributed by atoms with Gasteiger partial charge in [0.2, 0.25) is 5.91 Å². The number of aromatic nitrogens is 2. The summed E-state index contributed by atoms with van der Waals surface area (Å²) in [5, 5.41) is 10.0. The Hall–Kier alpha value is -4.48. The highest BCUT2D eigenvalue weighted by molar-refractivity contribution is 6.00. The summed E-state index contributed by atoms with van der Waals surface area (Å²) in [6.45, 7) is 7.21. The van der Waals surface area contributed by atoms with E-state index in [1.165, 1.54) is 0 Å². The molecule has 5 rings (SSSR count). The number of rotatable bonds is 5. The number of anilines is 1. The van der Waals surface area contributed by atoms with E-state index in [4.69, 9.17) is 25.7 Å². The van der Waals surface area contributed by atoms with Gasteiger partial charge in [-0.05, 0) is 56.7 Å². The second-order valence-corrected chi connectivity index (χ2v) is 10.1. The van der Waals surface area contributed by atoms with Crippen molar-refractivity contribution < 1.29 is 9.53 Å². The minimum Gasteiger partial charge on any atom is -0.495 e. The van der Waals surface area contributed by atoms with Crippen molar-refractivity contribution in [3.63, 3.8) is 0 Å². The fraction of sp³-hybridized carbons (Fsp3) is 0.290. The summed E-state index contributed by atoms with van der Waals surface area (Å²) >= 11 is 0. The minimum absolute atomic E-state index is 0.0174. The molecule has 8 nitrogen and oxygen atoms in total. The third-order valence-corrected chi connectivity index (χ3v) is 7.32. The highest BCUT2D eigenvalue weighted by Crippen LogP contribution is 2.39. The van der Waals surface area contributed by atoms with Crippen molar-refractivity contribution in [2.45, 2.75) is 38.9 Å². The topological polar surface area (TPSA) is 108 Å². The predicted molar refractivity (Wildman–Crippen MR) is 153 cm³/mol. The molecule has 0 bridgehead atoms. The molecule has 39 heavy (non-hydrogen) atoms. The van der Waals surface area contributed by atoms with Crippen molar-refractivity contribution in [1.29, 1.82) is 5.26 Å².